The number of fused-ring (bicyclic) bond motifs is 7. The smallest absolute Gasteiger partial charge is 0.407 e. The van der Waals surface area contributed by atoms with Gasteiger partial charge in [-0.15, -0.1) is 18.2 Å². The van der Waals surface area contributed by atoms with Crippen molar-refractivity contribution in [3.05, 3.63) is 54.7 Å². The topological polar surface area (TPSA) is 266 Å². The van der Waals surface area contributed by atoms with Gasteiger partial charge in [0, 0.05) is 59.1 Å². The fraction of sp³-hybridized carbons (Fsp3) is 0.746. The number of nitrogens with two attached hydrogens (primary N) is 2. The number of unbranched alkanes of at least 4 members (excludes halogenated alkanes) is 1. The molecule has 3 saturated carbocycles. The second-order valence-electron chi connectivity index (χ2n) is 24.2. The van der Waals surface area contributed by atoms with Gasteiger partial charge in [0.15, 0.2) is 35.5 Å². The molecule has 0 bridgehead atoms. The SMILES string of the molecule is C=CCC1O[C@@H]2C[C@H]3[C@@H]4CCC5=CC(=O)C=C[C@]5(C)[C@@]4(C)[C@@H](OC(=O)[C@@H](CC)[C@@H](Cc4c[nH]cn4)[C@H](CCCNC(=N)N)SC[C@H](CCCCN)[C@H](CC(C)C)NC(=S)[C@@H](OC(=O)NCCCl)C(C)C)C[C@]3(C)[C@]2(C(=O)CO)O1. The molecule has 1 aromatic heterocycles. The van der Waals surface area contributed by atoms with Crippen LogP contribution >= 0.6 is 35.6 Å². The number of aliphatic hydroxyl groups is 1. The molecule has 1 amide bonds. The number of alkyl carbamates (subject to hydrolysis) is 1. The molecule has 0 radical (unpaired) electrons. The highest BCUT2D eigenvalue weighted by Gasteiger charge is 2.78. The molecule has 4 fully saturated rings. The predicted molar refractivity (Wildman–Crippen MR) is 315 cm³/mol. The standard InChI is InChI=1S/C59H93ClN8O9S2/c1-10-15-50-74-48-29-44-43-19-18-38-27-40(70)20-21-56(38,7)58(43,9)49(30-57(44,8)59(48,77-50)47(71)32-69)75-53(72)41(11-2)42(28-39-31-64-34-67-39)46(17-14-24-65-54(62)63)79-33-37(16-12-13-23-61)45(26-35(3)4)68-52(78)51(36(5)6)76-55(73)66-25-22-60/h10,20-21,27,31,34-37,41-46,48-51,69H,1,11-19,22-26,28-30,32-33,61H2,2-9H3,(H,64,67)(H,66,73)(H,68,78)(H4,62,63,65)/t37-,41-,42+,43-,44-,45-,46-,48+,49-,50?,51-,56-,57-,58+,59+/m0/s1. The summed E-state index contributed by atoms with van der Waals surface area (Å²) in [6.07, 6.45) is 15.5. The first-order valence-electron chi connectivity index (χ1n) is 29.0. The van der Waals surface area contributed by atoms with Gasteiger partial charge in [0.25, 0.3) is 0 Å². The molecule has 2 heterocycles. The summed E-state index contributed by atoms with van der Waals surface area (Å²) < 4.78 is 26.6. The van der Waals surface area contributed by atoms with E-state index in [-0.39, 0.29) is 77.4 Å². The lowest BCUT2D eigenvalue weighted by atomic mass is 9.39. The minimum absolute atomic E-state index is 0.0664. The Morgan fingerprint density at radius 2 is 1.89 bits per heavy atom. The van der Waals surface area contributed by atoms with Crippen LogP contribution < -0.4 is 27.4 Å². The summed E-state index contributed by atoms with van der Waals surface area (Å²) in [5, 5.41) is 28.0. The van der Waals surface area contributed by atoms with Gasteiger partial charge in [-0.3, -0.25) is 19.8 Å². The lowest BCUT2D eigenvalue weighted by Gasteiger charge is -2.66. The molecular formula is C59H93ClN8O9S2. The number of carbonyl (C=O) groups is 4. The van der Waals surface area contributed by atoms with Crippen molar-refractivity contribution in [3.63, 3.8) is 0 Å². The number of hydrogen-bond acceptors (Lipinski definition) is 14. The van der Waals surface area contributed by atoms with Gasteiger partial charge in [-0.1, -0.05) is 91.8 Å². The number of aromatic nitrogens is 2. The number of ketones is 2. The number of carbonyl (C=O) groups excluding carboxylic acids is 4. The molecule has 442 valence electrons. The van der Waals surface area contributed by atoms with Crippen LogP contribution in [0.1, 0.15) is 138 Å². The average Bonchev–Trinajstić information content (AvgIpc) is 4.13. The zero-order valence-corrected chi connectivity index (χ0v) is 50.5. The number of thiocarbonyl (C=S) groups is 1. The lowest BCUT2D eigenvalue weighted by Crippen LogP contribution is -2.68. The quantitative estimate of drug-likeness (QED) is 0.00659. The van der Waals surface area contributed by atoms with Crippen LogP contribution in [-0.4, -0.2) is 129 Å². The highest BCUT2D eigenvalue weighted by atomic mass is 35.5. The van der Waals surface area contributed by atoms with E-state index < -0.39 is 70.8 Å². The number of alkyl halides is 1. The molecule has 4 aliphatic carbocycles. The Labute approximate surface area is 484 Å². The lowest BCUT2D eigenvalue weighted by molar-refractivity contribution is -0.232. The number of halogens is 1. The van der Waals surface area contributed by atoms with Crippen molar-refractivity contribution in [2.45, 2.75) is 180 Å². The molecule has 1 aliphatic heterocycles. The number of H-pyrrole nitrogens is 1. The molecule has 17 nitrogen and oxygen atoms in total. The number of imidazole rings is 1. The number of hydrogen-bond donors (Lipinski definition) is 8. The van der Waals surface area contributed by atoms with Gasteiger partial charge in [0.1, 0.15) is 17.7 Å². The van der Waals surface area contributed by atoms with E-state index in [0.29, 0.717) is 81.1 Å². The number of Topliss-reactive ketones (excluding diaryl/α,β-unsaturated/α-hetero) is 1. The van der Waals surface area contributed by atoms with Gasteiger partial charge >= 0.3 is 12.1 Å². The normalized spacial score (nSPS) is 30.1. The summed E-state index contributed by atoms with van der Waals surface area (Å²) in [5.41, 5.74) is 9.93. The molecule has 79 heavy (non-hydrogen) atoms. The van der Waals surface area contributed by atoms with E-state index in [1.54, 1.807) is 24.6 Å². The molecule has 5 aliphatic rings. The maximum Gasteiger partial charge on any atom is 0.407 e. The second-order valence-corrected chi connectivity index (χ2v) is 26.3. The highest BCUT2D eigenvalue weighted by Crippen LogP contribution is 2.74. The van der Waals surface area contributed by atoms with Gasteiger partial charge in [-0.05, 0) is 131 Å². The maximum atomic E-state index is 16.0. The van der Waals surface area contributed by atoms with Crippen LogP contribution in [0, 0.1) is 63.1 Å². The molecule has 1 unspecified atom stereocenters. The Kier molecular flexibility index (Phi) is 23.1. The minimum atomic E-state index is -1.49. The Morgan fingerprint density at radius 3 is 2.52 bits per heavy atom. The van der Waals surface area contributed by atoms with Gasteiger partial charge in [0.05, 0.1) is 24.0 Å². The summed E-state index contributed by atoms with van der Waals surface area (Å²) in [6.45, 7) is 21.3. The van der Waals surface area contributed by atoms with E-state index in [1.165, 1.54) is 0 Å². The first-order chi connectivity index (χ1) is 37.6. The first kappa shape index (κ1) is 64.3. The van der Waals surface area contributed by atoms with E-state index in [4.69, 9.17) is 64.6 Å². The van der Waals surface area contributed by atoms with Crippen molar-refractivity contribution in [2.75, 3.05) is 37.9 Å². The third-order valence-electron chi connectivity index (χ3n) is 18.7. The number of allylic oxidation sites excluding steroid dienone is 4. The molecule has 1 saturated heterocycles. The largest absolute Gasteiger partial charge is 0.461 e. The third kappa shape index (κ3) is 14.0. The zero-order chi connectivity index (χ0) is 57.9. The van der Waals surface area contributed by atoms with Crippen LogP contribution in [0.25, 0.3) is 0 Å². The van der Waals surface area contributed by atoms with Crippen molar-refractivity contribution in [1.29, 1.82) is 5.41 Å². The monoisotopic (exact) mass is 1160 g/mol. The molecule has 1 aromatic rings. The Hall–Kier alpha value is -3.85. The van der Waals surface area contributed by atoms with Gasteiger partial charge < -0.3 is 56.5 Å². The number of ether oxygens (including phenoxy) is 4. The average molecular weight is 1160 g/mol. The van der Waals surface area contributed by atoms with E-state index in [2.05, 4.69) is 62.1 Å². The molecule has 6 rings (SSSR count). The summed E-state index contributed by atoms with van der Waals surface area (Å²) in [5.74, 6) is -0.856. The zero-order valence-electron chi connectivity index (χ0n) is 48.1. The molecule has 10 N–H and O–H groups in total. The van der Waals surface area contributed by atoms with Crippen LogP contribution in [0.2, 0.25) is 0 Å². The number of aromatic amines is 1. The van der Waals surface area contributed by atoms with E-state index in [0.717, 1.165) is 37.0 Å². The van der Waals surface area contributed by atoms with Crippen LogP contribution in [0.15, 0.2) is 49.0 Å². The molecule has 0 spiro atoms. The number of nitrogens with zero attached hydrogens (tertiary/aromatic N) is 1. The number of rotatable bonds is 31. The number of guanidine groups is 1. The van der Waals surface area contributed by atoms with Crippen LogP contribution in [0.4, 0.5) is 4.79 Å². The van der Waals surface area contributed by atoms with Crippen molar-refractivity contribution in [2.24, 2.45) is 69.1 Å². The van der Waals surface area contributed by atoms with Crippen molar-refractivity contribution >= 4 is 70.2 Å². The predicted octanol–water partition coefficient (Wildman–Crippen LogP) is 8.47. The first-order valence-corrected chi connectivity index (χ1v) is 31.0. The summed E-state index contributed by atoms with van der Waals surface area (Å²) in [6, 6.07) is -0.0899. The van der Waals surface area contributed by atoms with Gasteiger partial charge in [-0.25, -0.2) is 9.78 Å². The molecule has 20 heteroatoms. The van der Waals surface area contributed by atoms with Crippen molar-refractivity contribution < 1.29 is 43.2 Å². The Morgan fingerprint density at radius 1 is 1.13 bits per heavy atom. The minimum Gasteiger partial charge on any atom is -0.461 e. The Balaban J connectivity index is 1.40. The summed E-state index contributed by atoms with van der Waals surface area (Å²) >= 11 is 13.8. The molecule has 0 aromatic carbocycles. The molecule has 15 atom stereocenters. The van der Waals surface area contributed by atoms with Crippen LogP contribution in [0.3, 0.4) is 0 Å². The van der Waals surface area contributed by atoms with E-state index >= 15 is 4.79 Å². The Bertz CT molecular complexity index is 2340. The van der Waals surface area contributed by atoms with Crippen molar-refractivity contribution in [3.8, 4) is 0 Å². The number of thioether (sulfide) groups is 1. The van der Waals surface area contributed by atoms with Crippen LogP contribution in [0.5, 0.6) is 0 Å². The fourth-order valence-electron chi connectivity index (χ4n) is 14.6. The van der Waals surface area contributed by atoms with Crippen LogP contribution in [-0.2, 0) is 39.8 Å². The highest BCUT2D eigenvalue weighted by molar-refractivity contribution is 7.99. The van der Waals surface area contributed by atoms with Gasteiger partial charge in [-0.2, -0.15) is 11.8 Å². The van der Waals surface area contributed by atoms with E-state index in [9.17, 15) is 19.5 Å². The van der Waals surface area contributed by atoms with Gasteiger partial charge in [0.2, 0.25) is 0 Å². The third-order valence-corrected chi connectivity index (χ3v) is 20.9. The maximum absolute atomic E-state index is 16.0. The number of amides is 1. The molecular weight excluding hydrogens is 1060 g/mol. The fourth-order valence-corrected chi connectivity index (χ4v) is 16.9. The number of aliphatic hydroxyl groups excluding tert-OH is 1. The van der Waals surface area contributed by atoms with E-state index in [1.807, 2.05) is 44.8 Å². The number of esters is 1. The summed E-state index contributed by atoms with van der Waals surface area (Å²) in [4.78, 5) is 64.7. The van der Waals surface area contributed by atoms with Crippen molar-refractivity contribution in [1.82, 2.24) is 25.9 Å². The summed E-state index contributed by atoms with van der Waals surface area (Å²) in [7, 11) is 0. The second kappa shape index (κ2) is 28.4. The number of nitrogens with one attached hydrogen (secondary N) is 5.